The van der Waals surface area contributed by atoms with E-state index < -0.39 is 0 Å². The highest BCUT2D eigenvalue weighted by Crippen LogP contribution is 2.29. The van der Waals surface area contributed by atoms with Crippen molar-refractivity contribution in [1.82, 2.24) is 4.57 Å². The van der Waals surface area contributed by atoms with Gasteiger partial charge in [0.1, 0.15) is 5.49 Å². The van der Waals surface area contributed by atoms with Crippen LogP contribution in [0, 0.1) is 0 Å². The van der Waals surface area contributed by atoms with Crippen LogP contribution in [0.25, 0.3) is 0 Å². The van der Waals surface area contributed by atoms with E-state index in [4.69, 9.17) is 9.73 Å². The molecule has 0 bridgehead atoms. The van der Waals surface area contributed by atoms with Gasteiger partial charge in [-0.3, -0.25) is 14.4 Å². The second kappa shape index (κ2) is 8.00. The van der Waals surface area contributed by atoms with Crippen LogP contribution >= 0.6 is 0 Å². The van der Waals surface area contributed by atoms with Crippen LogP contribution in [0.5, 0.6) is 0 Å². The zero-order valence-electron chi connectivity index (χ0n) is 15.1. The van der Waals surface area contributed by atoms with Crippen molar-refractivity contribution in [2.75, 3.05) is 6.61 Å². The number of rotatable bonds is 3. The first-order valence-corrected chi connectivity index (χ1v) is 9.75. The third kappa shape index (κ3) is 3.80. The van der Waals surface area contributed by atoms with Crippen molar-refractivity contribution in [2.45, 2.75) is 57.1 Å². The van der Waals surface area contributed by atoms with Gasteiger partial charge in [-0.25, -0.2) is 0 Å². The first-order valence-electron chi connectivity index (χ1n) is 9.75. The molecule has 4 nitrogen and oxygen atoms in total. The van der Waals surface area contributed by atoms with Gasteiger partial charge in [-0.15, -0.1) is 0 Å². The molecule has 4 heteroatoms. The summed E-state index contributed by atoms with van der Waals surface area (Å²) in [5.41, 5.74) is 3.21. The number of benzene rings is 1. The van der Waals surface area contributed by atoms with Crippen molar-refractivity contribution in [3.05, 3.63) is 65.3 Å². The molecule has 136 valence electrons. The van der Waals surface area contributed by atoms with Gasteiger partial charge >= 0.3 is 0 Å². The lowest BCUT2D eigenvalue weighted by atomic mass is 9.95. The molecule has 0 N–H and O–H groups in total. The maximum Gasteiger partial charge on any atom is 0.235 e. The molecule has 0 saturated heterocycles. The van der Waals surface area contributed by atoms with Crippen LogP contribution in [0.2, 0.25) is 0 Å². The molecule has 2 aliphatic rings. The average Bonchev–Trinajstić information content (AvgIpc) is 2.69. The molecule has 1 atom stereocenters. The summed E-state index contributed by atoms with van der Waals surface area (Å²) in [6.07, 6.45) is 8.97. The number of pyridine rings is 1. The number of hydrogen-bond donors (Lipinski definition) is 0. The van der Waals surface area contributed by atoms with Gasteiger partial charge in [0.15, 0.2) is 0 Å². The summed E-state index contributed by atoms with van der Waals surface area (Å²) in [5.74, 6) is 0.0434. The number of carbonyl (C=O) groups is 1. The minimum Gasteiger partial charge on any atom is -0.373 e. The van der Waals surface area contributed by atoms with Crippen LogP contribution in [0.1, 0.15) is 60.6 Å². The van der Waals surface area contributed by atoms with Gasteiger partial charge in [0.2, 0.25) is 5.91 Å². The summed E-state index contributed by atoms with van der Waals surface area (Å²) in [6, 6.07) is 14.4. The molecule has 2 heterocycles. The van der Waals surface area contributed by atoms with Gasteiger partial charge in [-0.1, -0.05) is 49.6 Å². The maximum absolute atomic E-state index is 13.0. The van der Waals surface area contributed by atoms with Crippen molar-refractivity contribution in [2.24, 2.45) is 4.99 Å². The molecule has 0 spiro atoms. The van der Waals surface area contributed by atoms with Crippen molar-refractivity contribution in [1.29, 1.82) is 0 Å². The molecular formula is C22H26N2O2. The lowest BCUT2D eigenvalue weighted by Gasteiger charge is -2.25. The van der Waals surface area contributed by atoms with Crippen LogP contribution in [0.4, 0.5) is 0 Å². The zero-order chi connectivity index (χ0) is 17.8. The Labute approximate surface area is 154 Å². The Morgan fingerprint density at radius 2 is 1.88 bits per heavy atom. The van der Waals surface area contributed by atoms with E-state index in [-0.39, 0.29) is 12.0 Å². The summed E-state index contributed by atoms with van der Waals surface area (Å²) in [7, 11) is 0. The van der Waals surface area contributed by atoms with Gasteiger partial charge in [0.05, 0.1) is 25.2 Å². The number of carbonyl (C=O) groups excluding carboxylic acids is 1. The number of fused-ring (bicyclic) bond motifs is 1. The number of aromatic nitrogens is 1. The van der Waals surface area contributed by atoms with E-state index >= 15 is 0 Å². The molecule has 1 saturated carbocycles. The van der Waals surface area contributed by atoms with E-state index in [1.54, 1.807) is 4.57 Å². The van der Waals surface area contributed by atoms with Crippen LogP contribution in [-0.2, 0) is 11.2 Å². The first-order chi connectivity index (χ1) is 12.8. The normalized spacial score (nSPS) is 21.4. The molecular weight excluding hydrogens is 324 g/mol. The van der Waals surface area contributed by atoms with Crippen molar-refractivity contribution < 1.29 is 9.53 Å². The van der Waals surface area contributed by atoms with E-state index in [2.05, 4.69) is 18.2 Å². The second-order valence-electron chi connectivity index (χ2n) is 7.26. The summed E-state index contributed by atoms with van der Waals surface area (Å²) < 4.78 is 7.63. The Kier molecular flexibility index (Phi) is 5.30. The highest BCUT2D eigenvalue weighted by atomic mass is 16.5. The second-order valence-corrected chi connectivity index (χ2v) is 7.26. The fourth-order valence-corrected chi connectivity index (χ4v) is 4.05. The number of hydrogen-bond acceptors (Lipinski definition) is 3. The van der Waals surface area contributed by atoms with Crippen molar-refractivity contribution >= 4 is 5.91 Å². The first kappa shape index (κ1) is 17.2. The lowest BCUT2D eigenvalue weighted by Crippen LogP contribution is -2.30. The smallest absolute Gasteiger partial charge is 0.235 e. The fourth-order valence-electron chi connectivity index (χ4n) is 4.05. The highest BCUT2D eigenvalue weighted by Gasteiger charge is 2.24. The molecule has 26 heavy (non-hydrogen) atoms. The van der Waals surface area contributed by atoms with E-state index in [0.717, 1.165) is 30.3 Å². The van der Waals surface area contributed by atoms with Crippen LogP contribution < -0.4 is 5.49 Å². The molecule has 0 radical (unpaired) electrons. The Morgan fingerprint density at radius 1 is 1.08 bits per heavy atom. The lowest BCUT2D eigenvalue weighted by molar-refractivity contribution is 0.0320. The standard InChI is InChI=1S/C22H26N2O2/c25-22(16-20-19-11-5-4-8-17(19)13-15-26-20)24-14-7-6-12-21(24)23-18-9-2-1-3-10-18/h4-8,11-12,14,18,20H,1-3,9-10,13,15-16H2. The van der Waals surface area contributed by atoms with Crippen LogP contribution in [0.3, 0.4) is 0 Å². The van der Waals surface area contributed by atoms with Crippen molar-refractivity contribution in [3.8, 4) is 0 Å². The topological polar surface area (TPSA) is 43.6 Å². The maximum atomic E-state index is 13.0. The number of nitrogens with zero attached hydrogens (tertiary/aromatic N) is 2. The summed E-state index contributed by atoms with van der Waals surface area (Å²) in [6.45, 7) is 0.674. The van der Waals surface area contributed by atoms with E-state index in [1.165, 1.54) is 24.8 Å². The highest BCUT2D eigenvalue weighted by molar-refractivity contribution is 5.79. The Morgan fingerprint density at radius 3 is 2.77 bits per heavy atom. The third-order valence-electron chi connectivity index (χ3n) is 5.45. The van der Waals surface area contributed by atoms with E-state index in [0.29, 0.717) is 19.1 Å². The fraction of sp³-hybridized carbons (Fsp3) is 0.455. The molecule has 1 fully saturated rings. The SMILES string of the molecule is O=C(CC1OCCc2ccccc21)n1ccccc1=NC1CCCCC1. The summed E-state index contributed by atoms with van der Waals surface area (Å²) in [4.78, 5) is 17.9. The zero-order valence-corrected chi connectivity index (χ0v) is 15.1. The molecule has 1 aromatic heterocycles. The summed E-state index contributed by atoms with van der Waals surface area (Å²) in [5, 5.41) is 0. The minimum absolute atomic E-state index is 0.0434. The monoisotopic (exact) mass is 350 g/mol. The molecule has 0 amide bonds. The van der Waals surface area contributed by atoms with E-state index in [9.17, 15) is 4.79 Å². The minimum atomic E-state index is -0.164. The Hall–Kier alpha value is -2.20. The molecule has 2 aromatic rings. The summed E-state index contributed by atoms with van der Waals surface area (Å²) >= 11 is 0. The van der Waals surface area contributed by atoms with Gasteiger partial charge < -0.3 is 4.74 Å². The molecule has 1 aliphatic carbocycles. The molecule has 1 aliphatic heterocycles. The van der Waals surface area contributed by atoms with E-state index in [1.807, 2.05) is 30.5 Å². The Bertz CT molecular complexity index is 834. The predicted octanol–water partition coefficient (Wildman–Crippen LogP) is 4.07. The largest absolute Gasteiger partial charge is 0.373 e. The van der Waals surface area contributed by atoms with Crippen LogP contribution in [-0.4, -0.2) is 23.1 Å². The quantitative estimate of drug-likeness (QED) is 0.838. The molecule has 4 rings (SSSR count). The van der Waals surface area contributed by atoms with Crippen molar-refractivity contribution in [3.63, 3.8) is 0 Å². The van der Waals surface area contributed by atoms with Gasteiger partial charge in [-0.05, 0) is 42.5 Å². The molecule has 1 aromatic carbocycles. The van der Waals surface area contributed by atoms with Gasteiger partial charge in [-0.2, -0.15) is 0 Å². The predicted molar refractivity (Wildman–Crippen MR) is 101 cm³/mol. The third-order valence-corrected chi connectivity index (χ3v) is 5.45. The Balaban J connectivity index is 1.57. The van der Waals surface area contributed by atoms with Crippen LogP contribution in [0.15, 0.2) is 53.7 Å². The number of ether oxygens (including phenoxy) is 1. The average molecular weight is 350 g/mol. The van der Waals surface area contributed by atoms with Gasteiger partial charge in [0.25, 0.3) is 0 Å². The van der Waals surface area contributed by atoms with Gasteiger partial charge in [0, 0.05) is 6.20 Å². The molecule has 1 unspecified atom stereocenters.